The number of imide groups is 2. The minimum atomic E-state index is -1.08. The van der Waals surface area contributed by atoms with Crippen LogP contribution in [0.1, 0.15) is 28.7 Å². The number of aromatic nitrogens is 1. The molecule has 0 bridgehead atoms. The maximum Gasteiger partial charge on any atom is 0.339 e. The van der Waals surface area contributed by atoms with Crippen molar-refractivity contribution < 1.29 is 23.9 Å². The first-order valence-corrected chi connectivity index (χ1v) is 11.5. The van der Waals surface area contributed by atoms with Crippen molar-refractivity contribution in [2.45, 2.75) is 20.8 Å². The molecule has 1 fully saturated rings. The largest absolute Gasteiger partial charge is 0.492 e. The van der Waals surface area contributed by atoms with Crippen LogP contribution in [0.2, 0.25) is 10.0 Å². The molecule has 4 amide bonds. The zero-order valence-corrected chi connectivity index (χ0v) is 20.7. The van der Waals surface area contributed by atoms with Crippen molar-refractivity contribution in [2.24, 2.45) is 0 Å². The van der Waals surface area contributed by atoms with E-state index in [1.54, 1.807) is 56.3 Å². The van der Waals surface area contributed by atoms with Gasteiger partial charge in [-0.2, -0.15) is 0 Å². The van der Waals surface area contributed by atoms with Gasteiger partial charge in [0, 0.05) is 22.6 Å². The van der Waals surface area contributed by atoms with E-state index in [0.717, 1.165) is 10.6 Å². The van der Waals surface area contributed by atoms with Gasteiger partial charge in [0.15, 0.2) is 5.78 Å². The van der Waals surface area contributed by atoms with Gasteiger partial charge in [0.05, 0.1) is 28.9 Å². The van der Waals surface area contributed by atoms with Crippen molar-refractivity contribution in [1.82, 2.24) is 9.47 Å². The van der Waals surface area contributed by atoms with Crippen LogP contribution in [0, 0.1) is 13.8 Å². The summed E-state index contributed by atoms with van der Waals surface area (Å²) in [6.45, 7) is 5.04. The predicted octanol–water partition coefficient (Wildman–Crippen LogP) is 4.98. The molecule has 0 radical (unpaired) electrons. The molecular weight excluding hydrogens is 493 g/mol. The van der Waals surface area contributed by atoms with Crippen molar-refractivity contribution in [3.8, 4) is 11.4 Å². The fourth-order valence-electron chi connectivity index (χ4n) is 4.07. The second-order valence-electron chi connectivity index (χ2n) is 7.86. The molecule has 180 valence electrons. The molecule has 0 saturated carbocycles. The highest BCUT2D eigenvalue weighted by molar-refractivity contribution is 6.53. The highest BCUT2D eigenvalue weighted by atomic mass is 35.5. The number of nitrogens with zero attached hydrogens (tertiary/aromatic N) is 3. The SMILES string of the molecule is CCOc1ccccc1N1C(=O)C(=O)N(CC(=O)c2cc(C)n(-c3ccc(Cl)c(Cl)c3)c2C)C1=O. The quantitative estimate of drug-likeness (QED) is 0.252. The summed E-state index contributed by atoms with van der Waals surface area (Å²) in [6.07, 6.45) is 0. The number of ketones is 1. The van der Waals surface area contributed by atoms with E-state index < -0.39 is 30.2 Å². The number of benzene rings is 2. The highest BCUT2D eigenvalue weighted by Gasteiger charge is 2.47. The summed E-state index contributed by atoms with van der Waals surface area (Å²) in [5.74, 6) is -2.33. The van der Waals surface area contributed by atoms with Gasteiger partial charge in [-0.3, -0.25) is 14.4 Å². The number of amides is 4. The Hall–Kier alpha value is -3.62. The van der Waals surface area contributed by atoms with Gasteiger partial charge < -0.3 is 9.30 Å². The molecule has 0 atom stereocenters. The molecule has 1 aromatic heterocycles. The van der Waals surface area contributed by atoms with Crippen LogP contribution < -0.4 is 9.64 Å². The molecule has 0 spiro atoms. The lowest BCUT2D eigenvalue weighted by Crippen LogP contribution is -2.37. The number of hydrogen-bond acceptors (Lipinski definition) is 5. The molecule has 3 aromatic rings. The fraction of sp³-hybridized carbons (Fsp3) is 0.200. The zero-order chi connectivity index (χ0) is 25.4. The maximum atomic E-state index is 13.2. The van der Waals surface area contributed by atoms with Gasteiger partial charge in [-0.1, -0.05) is 35.3 Å². The van der Waals surface area contributed by atoms with Crippen LogP contribution in [-0.2, 0) is 9.59 Å². The lowest BCUT2D eigenvalue weighted by Gasteiger charge is -2.18. The zero-order valence-electron chi connectivity index (χ0n) is 19.2. The molecule has 0 aliphatic carbocycles. The van der Waals surface area contributed by atoms with Crippen LogP contribution >= 0.6 is 23.2 Å². The first-order valence-electron chi connectivity index (χ1n) is 10.7. The Morgan fingerprint density at radius 2 is 1.66 bits per heavy atom. The number of carbonyl (C=O) groups excluding carboxylic acids is 4. The van der Waals surface area contributed by atoms with Crippen molar-refractivity contribution in [1.29, 1.82) is 0 Å². The Kier molecular flexibility index (Phi) is 6.69. The Balaban J connectivity index is 1.62. The lowest BCUT2D eigenvalue weighted by molar-refractivity contribution is -0.139. The Bertz CT molecular complexity index is 1380. The summed E-state index contributed by atoms with van der Waals surface area (Å²) in [5.41, 5.74) is 2.50. The summed E-state index contributed by atoms with van der Waals surface area (Å²) in [5, 5.41) is 0.768. The summed E-state index contributed by atoms with van der Waals surface area (Å²) in [7, 11) is 0. The van der Waals surface area contributed by atoms with E-state index in [-0.39, 0.29) is 11.4 Å². The van der Waals surface area contributed by atoms with Gasteiger partial charge >= 0.3 is 17.8 Å². The number of para-hydroxylation sites is 2. The monoisotopic (exact) mass is 513 g/mol. The minimum absolute atomic E-state index is 0.144. The van der Waals surface area contributed by atoms with E-state index in [1.807, 2.05) is 11.5 Å². The minimum Gasteiger partial charge on any atom is -0.492 e. The number of urea groups is 1. The molecule has 0 unspecified atom stereocenters. The van der Waals surface area contributed by atoms with E-state index in [2.05, 4.69) is 0 Å². The molecule has 2 aromatic carbocycles. The number of ether oxygens (including phenoxy) is 1. The van der Waals surface area contributed by atoms with Crippen LogP contribution in [-0.4, -0.2) is 46.2 Å². The molecule has 0 N–H and O–H groups in total. The lowest BCUT2D eigenvalue weighted by atomic mass is 10.1. The number of anilines is 1. The van der Waals surface area contributed by atoms with Gasteiger partial charge in [-0.25, -0.2) is 14.6 Å². The Morgan fingerprint density at radius 3 is 2.34 bits per heavy atom. The topological polar surface area (TPSA) is 88.9 Å². The smallest absolute Gasteiger partial charge is 0.339 e. The maximum absolute atomic E-state index is 13.2. The number of hydrogen-bond donors (Lipinski definition) is 0. The first-order chi connectivity index (χ1) is 16.6. The third-order valence-electron chi connectivity index (χ3n) is 5.65. The molecule has 1 aliphatic rings. The fourth-order valence-corrected chi connectivity index (χ4v) is 4.36. The third-order valence-corrected chi connectivity index (χ3v) is 6.39. The number of halogens is 2. The number of Topliss-reactive ketones (excluding diaryl/α,β-unsaturated/α-hetero) is 1. The van der Waals surface area contributed by atoms with Crippen LogP contribution in [0.3, 0.4) is 0 Å². The summed E-state index contributed by atoms with van der Waals surface area (Å²) in [6, 6.07) is 12.3. The van der Waals surface area contributed by atoms with Gasteiger partial charge in [0.25, 0.3) is 0 Å². The molecule has 2 heterocycles. The van der Waals surface area contributed by atoms with Crippen LogP contribution in [0.25, 0.3) is 5.69 Å². The van der Waals surface area contributed by atoms with Gasteiger partial charge in [0.2, 0.25) is 0 Å². The van der Waals surface area contributed by atoms with Gasteiger partial charge in [0.1, 0.15) is 5.75 Å². The van der Waals surface area contributed by atoms with Crippen molar-refractivity contribution in [2.75, 3.05) is 18.1 Å². The normalized spacial score (nSPS) is 13.7. The molecule has 1 aliphatic heterocycles. The summed E-state index contributed by atoms with van der Waals surface area (Å²) < 4.78 is 7.31. The third kappa shape index (κ3) is 4.31. The average Bonchev–Trinajstić information content (AvgIpc) is 3.23. The van der Waals surface area contributed by atoms with Gasteiger partial charge in [-0.15, -0.1) is 0 Å². The van der Waals surface area contributed by atoms with Gasteiger partial charge in [-0.05, 0) is 57.2 Å². The summed E-state index contributed by atoms with van der Waals surface area (Å²) in [4.78, 5) is 53.0. The van der Waals surface area contributed by atoms with E-state index in [9.17, 15) is 19.2 Å². The number of aryl methyl sites for hydroxylation is 1. The Morgan fingerprint density at radius 1 is 0.943 bits per heavy atom. The second-order valence-corrected chi connectivity index (χ2v) is 8.67. The number of carbonyl (C=O) groups is 4. The number of rotatable bonds is 7. The molecule has 10 heteroatoms. The first kappa shape index (κ1) is 24.5. The molecule has 4 rings (SSSR count). The predicted molar refractivity (Wildman–Crippen MR) is 132 cm³/mol. The molecule has 1 saturated heterocycles. The van der Waals surface area contributed by atoms with Crippen molar-refractivity contribution in [3.05, 3.63) is 75.5 Å². The van der Waals surface area contributed by atoms with Crippen molar-refractivity contribution >= 4 is 52.5 Å². The van der Waals surface area contributed by atoms with E-state index in [0.29, 0.717) is 38.5 Å². The summed E-state index contributed by atoms with van der Waals surface area (Å²) >= 11 is 12.2. The van der Waals surface area contributed by atoms with Crippen molar-refractivity contribution in [3.63, 3.8) is 0 Å². The highest BCUT2D eigenvalue weighted by Crippen LogP contribution is 2.32. The average molecular weight is 514 g/mol. The standard InChI is InChI=1S/C25H21Cl2N3O5/c1-4-35-22-8-6-5-7-20(22)30-24(33)23(32)28(25(30)34)13-21(31)17-11-14(2)29(15(17)3)16-9-10-18(26)19(27)12-16/h5-12H,4,13H2,1-3H3. The molecular formula is C25H21Cl2N3O5. The second kappa shape index (κ2) is 9.56. The molecule has 35 heavy (non-hydrogen) atoms. The van der Waals surface area contributed by atoms with Crippen LogP contribution in [0.5, 0.6) is 5.75 Å². The Labute approximate surface area is 211 Å². The van der Waals surface area contributed by atoms with Crippen LogP contribution in [0.4, 0.5) is 10.5 Å². The molecule has 8 nitrogen and oxygen atoms in total. The van der Waals surface area contributed by atoms with E-state index in [4.69, 9.17) is 27.9 Å². The van der Waals surface area contributed by atoms with E-state index >= 15 is 0 Å². The van der Waals surface area contributed by atoms with Crippen LogP contribution in [0.15, 0.2) is 48.5 Å². The van der Waals surface area contributed by atoms with E-state index in [1.165, 1.54) is 6.07 Å².